The van der Waals surface area contributed by atoms with E-state index >= 15 is 0 Å². The molecule has 7 heteroatoms. The predicted molar refractivity (Wildman–Crippen MR) is 106 cm³/mol. The first-order valence-electron chi connectivity index (χ1n) is 9.67. The molecule has 3 aromatic rings. The van der Waals surface area contributed by atoms with Crippen LogP contribution in [0.1, 0.15) is 39.0 Å². The first-order valence-corrected chi connectivity index (χ1v) is 9.67. The molecule has 144 valence electrons. The maximum absolute atomic E-state index is 6.07. The molecule has 0 saturated heterocycles. The Balaban J connectivity index is 1.67. The maximum atomic E-state index is 6.07. The average molecular weight is 369 g/mol. The predicted octanol–water partition coefficient (Wildman–Crippen LogP) is 3.38. The molecule has 1 aliphatic rings. The SMILES string of the molecule is CCN(CC)CCNc1ncnc2c1oc1nc3c(cc12)COC(C)(C)C3. The largest absolute Gasteiger partial charge is 0.432 e. The van der Waals surface area contributed by atoms with Crippen molar-refractivity contribution in [3.63, 3.8) is 0 Å². The maximum Gasteiger partial charge on any atom is 0.229 e. The third-order valence-corrected chi connectivity index (χ3v) is 5.24. The summed E-state index contributed by atoms with van der Waals surface area (Å²) in [5.74, 6) is 0.722. The van der Waals surface area contributed by atoms with E-state index in [0.29, 0.717) is 17.9 Å². The van der Waals surface area contributed by atoms with E-state index in [1.807, 2.05) is 0 Å². The van der Waals surface area contributed by atoms with E-state index in [0.717, 1.165) is 60.6 Å². The minimum absolute atomic E-state index is 0.198. The fraction of sp³-hybridized carbons (Fsp3) is 0.550. The number of furan rings is 1. The monoisotopic (exact) mass is 369 g/mol. The van der Waals surface area contributed by atoms with Gasteiger partial charge in [0.05, 0.1) is 23.3 Å². The number of nitrogens with one attached hydrogen (secondary N) is 1. The second-order valence-corrected chi connectivity index (χ2v) is 7.63. The zero-order valence-electron chi connectivity index (χ0n) is 16.5. The Morgan fingerprint density at radius 2 is 2.04 bits per heavy atom. The Morgan fingerprint density at radius 1 is 1.22 bits per heavy atom. The molecule has 4 heterocycles. The average Bonchev–Trinajstić information content (AvgIpc) is 3.01. The van der Waals surface area contributed by atoms with Gasteiger partial charge < -0.3 is 19.4 Å². The van der Waals surface area contributed by atoms with Crippen molar-refractivity contribution in [3.05, 3.63) is 23.7 Å². The highest BCUT2D eigenvalue weighted by Crippen LogP contribution is 2.34. The van der Waals surface area contributed by atoms with Crippen LogP contribution in [0.4, 0.5) is 5.82 Å². The van der Waals surface area contributed by atoms with Crippen molar-refractivity contribution in [3.8, 4) is 0 Å². The Hall–Kier alpha value is -2.25. The van der Waals surface area contributed by atoms with Crippen molar-refractivity contribution in [1.29, 1.82) is 0 Å². The van der Waals surface area contributed by atoms with E-state index in [-0.39, 0.29) is 5.60 Å². The number of nitrogens with zero attached hydrogens (tertiary/aromatic N) is 4. The van der Waals surface area contributed by atoms with Crippen LogP contribution in [0.3, 0.4) is 0 Å². The first-order chi connectivity index (χ1) is 13.0. The normalized spacial score (nSPS) is 16.2. The van der Waals surface area contributed by atoms with Crippen LogP contribution in [0.25, 0.3) is 22.2 Å². The van der Waals surface area contributed by atoms with Crippen molar-refractivity contribution in [2.24, 2.45) is 0 Å². The molecule has 0 fully saturated rings. The van der Waals surface area contributed by atoms with Crippen molar-refractivity contribution >= 4 is 28.0 Å². The van der Waals surface area contributed by atoms with Gasteiger partial charge in [-0.05, 0) is 33.0 Å². The molecule has 0 saturated carbocycles. The molecule has 27 heavy (non-hydrogen) atoms. The molecule has 0 bridgehead atoms. The summed E-state index contributed by atoms with van der Waals surface area (Å²) in [4.78, 5) is 16.0. The molecule has 4 rings (SSSR count). The van der Waals surface area contributed by atoms with E-state index < -0.39 is 0 Å². The standard InChI is InChI=1S/C20H27N5O2/c1-5-25(6-2)8-7-21-18-17-16(22-12-23-18)14-9-13-11-26-20(3,4)10-15(13)24-19(14)27-17/h9,12H,5-8,10-11H2,1-4H3,(H,21,22,23). The number of ether oxygens (including phenoxy) is 1. The van der Waals surface area contributed by atoms with Crippen molar-refractivity contribution < 1.29 is 9.15 Å². The highest BCUT2D eigenvalue weighted by Gasteiger charge is 2.28. The Labute approximate surface area is 159 Å². The Kier molecular flexibility index (Phi) is 4.74. The highest BCUT2D eigenvalue weighted by atomic mass is 16.5. The van der Waals surface area contributed by atoms with Crippen LogP contribution in [-0.4, -0.2) is 51.6 Å². The number of anilines is 1. The molecule has 0 spiro atoms. The zero-order valence-corrected chi connectivity index (χ0v) is 16.5. The fourth-order valence-corrected chi connectivity index (χ4v) is 3.58. The van der Waals surface area contributed by atoms with E-state index in [1.165, 1.54) is 0 Å². The lowest BCUT2D eigenvalue weighted by atomic mass is 9.95. The van der Waals surface area contributed by atoms with Crippen LogP contribution in [0.2, 0.25) is 0 Å². The molecule has 0 atom stereocenters. The van der Waals surface area contributed by atoms with Crippen LogP contribution in [0.15, 0.2) is 16.8 Å². The summed E-state index contributed by atoms with van der Waals surface area (Å²) in [6.45, 7) is 12.9. The number of hydrogen-bond acceptors (Lipinski definition) is 7. The van der Waals surface area contributed by atoms with E-state index in [2.05, 4.69) is 53.9 Å². The summed E-state index contributed by atoms with van der Waals surface area (Å²) in [6, 6.07) is 2.10. The number of rotatable bonds is 6. The lowest BCUT2D eigenvalue weighted by Crippen LogP contribution is -2.32. The topological polar surface area (TPSA) is 76.3 Å². The number of hydrogen-bond donors (Lipinski definition) is 1. The van der Waals surface area contributed by atoms with Gasteiger partial charge in [0.25, 0.3) is 0 Å². The molecule has 1 N–H and O–H groups in total. The van der Waals surface area contributed by atoms with Gasteiger partial charge >= 0.3 is 0 Å². The zero-order chi connectivity index (χ0) is 19.0. The van der Waals surface area contributed by atoms with Gasteiger partial charge in [-0.3, -0.25) is 0 Å². The van der Waals surface area contributed by atoms with Crippen LogP contribution >= 0.6 is 0 Å². The Morgan fingerprint density at radius 3 is 2.81 bits per heavy atom. The van der Waals surface area contributed by atoms with Crippen molar-refractivity contribution in [1.82, 2.24) is 19.9 Å². The van der Waals surface area contributed by atoms with Gasteiger partial charge in [0, 0.05) is 25.1 Å². The van der Waals surface area contributed by atoms with E-state index in [1.54, 1.807) is 6.33 Å². The number of fused-ring (bicyclic) bond motifs is 4. The second kappa shape index (κ2) is 7.05. The van der Waals surface area contributed by atoms with Gasteiger partial charge in [-0.2, -0.15) is 0 Å². The van der Waals surface area contributed by atoms with E-state index in [4.69, 9.17) is 14.1 Å². The second-order valence-electron chi connectivity index (χ2n) is 7.63. The minimum atomic E-state index is -0.198. The Bertz CT molecular complexity index is 962. The molecule has 0 aromatic carbocycles. The van der Waals surface area contributed by atoms with Gasteiger partial charge in [-0.1, -0.05) is 13.8 Å². The third kappa shape index (κ3) is 3.49. The van der Waals surface area contributed by atoms with Gasteiger partial charge in [0.1, 0.15) is 11.8 Å². The number of aromatic nitrogens is 3. The van der Waals surface area contributed by atoms with Gasteiger partial charge in [-0.15, -0.1) is 0 Å². The molecule has 7 nitrogen and oxygen atoms in total. The molecule has 3 aromatic heterocycles. The molecule has 1 aliphatic heterocycles. The molecule has 0 radical (unpaired) electrons. The summed E-state index contributed by atoms with van der Waals surface area (Å²) in [7, 11) is 0. The molecular weight excluding hydrogens is 342 g/mol. The summed E-state index contributed by atoms with van der Waals surface area (Å²) < 4.78 is 12.0. The first kappa shape index (κ1) is 18.1. The summed E-state index contributed by atoms with van der Waals surface area (Å²) >= 11 is 0. The molecule has 0 amide bonds. The fourth-order valence-electron chi connectivity index (χ4n) is 3.58. The van der Waals surface area contributed by atoms with Crippen LogP contribution in [0.5, 0.6) is 0 Å². The summed E-state index contributed by atoms with van der Waals surface area (Å²) in [5, 5.41) is 4.31. The minimum Gasteiger partial charge on any atom is -0.432 e. The number of pyridine rings is 1. The quantitative estimate of drug-likeness (QED) is 0.714. The summed E-state index contributed by atoms with van der Waals surface area (Å²) in [6.07, 6.45) is 2.35. The van der Waals surface area contributed by atoms with Gasteiger partial charge in [-0.25, -0.2) is 15.0 Å². The van der Waals surface area contributed by atoms with Crippen LogP contribution in [-0.2, 0) is 17.8 Å². The van der Waals surface area contributed by atoms with Crippen molar-refractivity contribution in [2.75, 3.05) is 31.5 Å². The summed E-state index contributed by atoms with van der Waals surface area (Å²) in [5.41, 5.74) is 4.04. The third-order valence-electron chi connectivity index (χ3n) is 5.24. The van der Waals surface area contributed by atoms with Gasteiger partial charge in [0.15, 0.2) is 11.4 Å². The smallest absolute Gasteiger partial charge is 0.229 e. The van der Waals surface area contributed by atoms with E-state index in [9.17, 15) is 0 Å². The molecular formula is C20H27N5O2. The van der Waals surface area contributed by atoms with Crippen molar-refractivity contribution in [2.45, 2.75) is 46.3 Å². The molecule has 0 aliphatic carbocycles. The van der Waals surface area contributed by atoms with Gasteiger partial charge in [0.2, 0.25) is 5.71 Å². The van der Waals surface area contributed by atoms with Crippen LogP contribution in [0, 0.1) is 0 Å². The van der Waals surface area contributed by atoms with Crippen LogP contribution < -0.4 is 5.32 Å². The number of likely N-dealkylation sites (N-methyl/N-ethyl adjacent to an activating group) is 1. The lowest BCUT2D eigenvalue weighted by molar-refractivity contribution is -0.0411. The highest BCUT2D eigenvalue weighted by molar-refractivity contribution is 6.04. The lowest BCUT2D eigenvalue weighted by Gasteiger charge is -2.30. The molecule has 0 unspecified atom stereocenters.